The molecule has 0 heterocycles. The first-order valence-corrected chi connectivity index (χ1v) is 9.16. The van der Waals surface area contributed by atoms with Gasteiger partial charge in [0.2, 0.25) is 6.10 Å². The molecule has 0 bridgehead atoms. The van der Waals surface area contributed by atoms with Crippen LogP contribution in [0.3, 0.4) is 0 Å². The maximum Gasteiger partial charge on any atom is 0.241 e. The van der Waals surface area contributed by atoms with Crippen LogP contribution in [0.1, 0.15) is 50.2 Å². The lowest BCUT2D eigenvalue weighted by atomic mass is 9.70. The number of hydrogen-bond acceptors (Lipinski definition) is 1. The zero-order valence-corrected chi connectivity index (χ0v) is 14.9. The Morgan fingerprint density at radius 1 is 0.833 bits per heavy atom. The number of methoxy groups -OCH3 is 1. The minimum Gasteiger partial charge on any atom is -0.197 e. The van der Waals surface area contributed by atoms with Gasteiger partial charge in [-0.1, -0.05) is 73.5 Å². The van der Waals surface area contributed by atoms with Gasteiger partial charge in [0.15, 0.2) is 0 Å². The van der Waals surface area contributed by atoms with Crippen LogP contribution in [0, 0.1) is 23.9 Å². The van der Waals surface area contributed by atoms with Crippen molar-refractivity contribution in [1.29, 1.82) is 0 Å². The monoisotopic (exact) mass is 320 g/mol. The predicted octanol–water partition coefficient (Wildman–Crippen LogP) is 6.05. The van der Waals surface area contributed by atoms with Gasteiger partial charge < -0.3 is 0 Å². The fraction of sp³-hybridized carbons (Fsp3) is 0.391. The Morgan fingerprint density at radius 2 is 1.38 bits per heavy atom. The van der Waals surface area contributed by atoms with Gasteiger partial charge >= 0.3 is 0 Å². The quantitative estimate of drug-likeness (QED) is 0.481. The van der Waals surface area contributed by atoms with Gasteiger partial charge in [-0.2, -0.15) is 4.74 Å². The topological polar surface area (TPSA) is 9.23 Å². The molecule has 2 aromatic rings. The molecule has 24 heavy (non-hydrogen) atoms. The van der Waals surface area contributed by atoms with Crippen molar-refractivity contribution in [1.82, 2.24) is 0 Å². The summed E-state index contributed by atoms with van der Waals surface area (Å²) in [5, 5.41) is 0. The molecular weight excluding hydrogens is 292 g/mol. The van der Waals surface area contributed by atoms with Crippen molar-refractivity contribution >= 4 is 0 Å². The summed E-state index contributed by atoms with van der Waals surface area (Å²) in [6.07, 6.45) is 7.60. The van der Waals surface area contributed by atoms with Crippen molar-refractivity contribution in [2.24, 2.45) is 11.8 Å². The van der Waals surface area contributed by atoms with E-state index in [1.54, 1.807) is 0 Å². The summed E-state index contributed by atoms with van der Waals surface area (Å²) in [7, 11) is 1.82. The molecule has 2 atom stereocenters. The summed E-state index contributed by atoms with van der Waals surface area (Å²) >= 11 is 0. The lowest BCUT2D eigenvalue weighted by Gasteiger charge is -2.30. The van der Waals surface area contributed by atoms with Crippen LogP contribution in [0.5, 0.6) is 0 Å². The van der Waals surface area contributed by atoms with Crippen LogP contribution in [0.4, 0.5) is 0 Å². The highest BCUT2D eigenvalue weighted by Gasteiger charge is 2.42. The second kappa shape index (κ2) is 8.39. The van der Waals surface area contributed by atoms with Crippen molar-refractivity contribution < 1.29 is 4.74 Å². The molecule has 0 N–H and O–H groups in total. The zero-order valence-electron chi connectivity index (χ0n) is 14.9. The van der Waals surface area contributed by atoms with Crippen molar-refractivity contribution in [3.8, 4) is 0 Å². The number of benzene rings is 2. The van der Waals surface area contributed by atoms with Crippen molar-refractivity contribution in [3.05, 3.63) is 83.8 Å². The Bertz CT molecular complexity index is 552. The maximum atomic E-state index is 5.70. The van der Waals surface area contributed by atoms with E-state index in [4.69, 9.17) is 4.74 Å². The minimum absolute atomic E-state index is 0.507. The van der Waals surface area contributed by atoms with Crippen LogP contribution in [-0.4, -0.2) is 7.11 Å². The van der Waals surface area contributed by atoms with Crippen LogP contribution in [0.25, 0.3) is 0 Å². The molecule has 2 unspecified atom stereocenters. The first kappa shape index (κ1) is 17.1. The molecule has 0 spiro atoms. The predicted molar refractivity (Wildman–Crippen MR) is 100 cm³/mol. The van der Waals surface area contributed by atoms with Gasteiger partial charge in [-0.05, 0) is 30.4 Å². The largest absolute Gasteiger partial charge is 0.241 e. The van der Waals surface area contributed by atoms with E-state index in [0.29, 0.717) is 11.8 Å². The Hall–Kier alpha value is -1.73. The van der Waals surface area contributed by atoms with Gasteiger partial charge in [-0.25, -0.2) is 0 Å². The molecule has 1 aliphatic carbocycles. The van der Waals surface area contributed by atoms with Gasteiger partial charge in [0.05, 0.1) is 7.11 Å². The fourth-order valence-corrected chi connectivity index (χ4v) is 4.12. The molecule has 0 saturated heterocycles. The lowest BCUT2D eigenvalue weighted by Crippen LogP contribution is -2.27. The van der Waals surface area contributed by atoms with Crippen molar-refractivity contribution in [2.75, 3.05) is 7.11 Å². The zero-order chi connectivity index (χ0) is 16.8. The molecule has 0 aliphatic heterocycles. The molecule has 0 aromatic heterocycles. The summed E-state index contributed by atoms with van der Waals surface area (Å²) in [6.45, 7) is 2.16. The molecule has 1 radical (unpaired) electrons. The van der Waals surface area contributed by atoms with E-state index in [-0.39, 0.29) is 0 Å². The molecule has 125 valence electrons. The van der Waals surface area contributed by atoms with Crippen molar-refractivity contribution in [3.63, 3.8) is 0 Å². The van der Waals surface area contributed by atoms with E-state index in [1.165, 1.54) is 55.3 Å². The number of ether oxygens (including phenoxy) is 1. The minimum atomic E-state index is 0.507. The van der Waals surface area contributed by atoms with Crippen LogP contribution < -0.4 is 0 Å². The molecule has 3 rings (SSSR count). The number of hydrogen-bond donors (Lipinski definition) is 0. The molecule has 1 nitrogen and oxygen atoms in total. The van der Waals surface area contributed by atoms with Gasteiger partial charge in [-0.15, -0.1) is 0 Å². The van der Waals surface area contributed by atoms with Gasteiger partial charge in [0.25, 0.3) is 0 Å². The van der Waals surface area contributed by atoms with Gasteiger partial charge in [0.1, 0.15) is 12.8 Å². The summed E-state index contributed by atoms with van der Waals surface area (Å²) in [5.74, 6) is 2.52. The Kier molecular flexibility index (Phi) is 5.98. The lowest BCUT2D eigenvalue weighted by molar-refractivity contribution is 0.132. The average Bonchev–Trinajstić information content (AvgIpc) is 2.89. The molecule has 0 amide bonds. The van der Waals surface area contributed by atoms with Gasteiger partial charge in [-0.3, -0.25) is 0 Å². The average molecular weight is 320 g/mol. The molecule has 2 aromatic carbocycles. The summed E-state index contributed by atoms with van der Waals surface area (Å²) < 4.78 is 5.70. The van der Waals surface area contributed by atoms with E-state index < -0.39 is 0 Å². The SMILES string of the molecule is CO[C+](C)C1CCCCCC1[C](c1ccccc1)c1ccccc1. The Morgan fingerprint density at radius 3 is 1.92 bits per heavy atom. The highest BCUT2D eigenvalue weighted by Crippen LogP contribution is 2.45. The maximum absolute atomic E-state index is 5.70. The van der Waals surface area contributed by atoms with E-state index in [1.807, 2.05) is 7.11 Å². The number of rotatable bonds is 5. The van der Waals surface area contributed by atoms with Gasteiger partial charge in [0, 0.05) is 11.8 Å². The first-order valence-electron chi connectivity index (χ1n) is 9.16. The summed E-state index contributed by atoms with van der Waals surface area (Å²) in [5.41, 5.74) is 2.70. The van der Waals surface area contributed by atoms with Crippen LogP contribution >= 0.6 is 0 Å². The van der Waals surface area contributed by atoms with Crippen LogP contribution in [-0.2, 0) is 4.74 Å². The first-order chi connectivity index (χ1) is 11.8. The van der Waals surface area contributed by atoms with Crippen LogP contribution in [0.2, 0.25) is 0 Å². The molecule has 1 aliphatic rings. The second-order valence-electron chi connectivity index (χ2n) is 6.81. The van der Waals surface area contributed by atoms with Crippen molar-refractivity contribution in [2.45, 2.75) is 39.0 Å². The Balaban J connectivity index is 2.02. The van der Waals surface area contributed by atoms with E-state index in [2.05, 4.69) is 67.6 Å². The van der Waals surface area contributed by atoms with E-state index in [9.17, 15) is 0 Å². The third kappa shape index (κ3) is 3.84. The van der Waals surface area contributed by atoms with E-state index in [0.717, 1.165) is 0 Å². The summed E-state index contributed by atoms with van der Waals surface area (Å²) in [6, 6.07) is 21.8. The van der Waals surface area contributed by atoms with Crippen LogP contribution in [0.15, 0.2) is 60.7 Å². The smallest absolute Gasteiger partial charge is 0.197 e. The standard InChI is InChI=1S/C23H28O/c1-18(24-2)21-16-10-5-11-17-22(21)23(19-12-6-3-7-13-19)20-14-8-4-9-15-20/h3-4,6-9,12-15,21-22H,5,10-11,16-17H2,1-2H3/q+1. The molecule has 1 heteroatoms. The second-order valence-corrected chi connectivity index (χ2v) is 6.81. The molecule has 1 saturated carbocycles. The third-order valence-corrected chi connectivity index (χ3v) is 5.40. The normalized spacial score (nSPS) is 21.5. The highest BCUT2D eigenvalue weighted by molar-refractivity contribution is 5.47. The Labute approximate surface area is 147 Å². The third-order valence-electron chi connectivity index (χ3n) is 5.40. The molecular formula is C23H28O+. The molecule has 1 fully saturated rings. The van der Waals surface area contributed by atoms with E-state index >= 15 is 0 Å². The fourth-order valence-electron chi connectivity index (χ4n) is 4.12. The summed E-state index contributed by atoms with van der Waals surface area (Å²) in [4.78, 5) is 0. The highest BCUT2D eigenvalue weighted by atomic mass is 16.5.